The zero-order chi connectivity index (χ0) is 12.1. The van der Waals surface area contributed by atoms with E-state index in [2.05, 4.69) is 24.1 Å². The first-order valence-electron chi connectivity index (χ1n) is 7.78. The quantitative estimate of drug-likeness (QED) is 0.810. The minimum atomic E-state index is 0.746. The van der Waals surface area contributed by atoms with Gasteiger partial charge < -0.3 is 10.2 Å². The van der Waals surface area contributed by atoms with Crippen LogP contribution in [0.1, 0.15) is 58.8 Å². The van der Waals surface area contributed by atoms with Crippen molar-refractivity contribution in [2.45, 2.75) is 70.9 Å². The van der Waals surface area contributed by atoms with Gasteiger partial charge in [0.25, 0.3) is 0 Å². The van der Waals surface area contributed by atoms with Gasteiger partial charge in [0.15, 0.2) is 0 Å². The van der Waals surface area contributed by atoms with Crippen LogP contribution in [0.4, 0.5) is 0 Å². The molecule has 0 amide bonds. The Bertz CT molecular complexity index is 211. The van der Waals surface area contributed by atoms with E-state index in [1.807, 2.05) is 0 Å². The van der Waals surface area contributed by atoms with Crippen LogP contribution in [0.2, 0.25) is 0 Å². The molecule has 2 nitrogen and oxygen atoms in total. The van der Waals surface area contributed by atoms with E-state index in [1.165, 1.54) is 64.6 Å². The Morgan fingerprint density at radius 2 is 1.82 bits per heavy atom. The van der Waals surface area contributed by atoms with Crippen LogP contribution in [0, 0.1) is 5.92 Å². The molecule has 2 atom stereocenters. The lowest BCUT2D eigenvalue weighted by Gasteiger charge is -2.26. The van der Waals surface area contributed by atoms with E-state index in [1.54, 1.807) is 0 Å². The van der Waals surface area contributed by atoms with Crippen molar-refractivity contribution >= 4 is 0 Å². The molecular weight excluding hydrogens is 208 g/mol. The van der Waals surface area contributed by atoms with E-state index in [4.69, 9.17) is 0 Å². The summed E-state index contributed by atoms with van der Waals surface area (Å²) in [6.07, 6.45) is 9.96. The maximum atomic E-state index is 3.92. The second-order valence-electron chi connectivity index (χ2n) is 6.06. The first-order chi connectivity index (χ1) is 8.29. The molecule has 0 radical (unpaired) electrons. The molecular formula is C15H30N2. The van der Waals surface area contributed by atoms with Crippen molar-refractivity contribution in [3.8, 4) is 0 Å². The molecule has 0 aromatic rings. The lowest BCUT2D eigenvalue weighted by molar-refractivity contribution is 0.288. The molecule has 0 spiro atoms. The van der Waals surface area contributed by atoms with Gasteiger partial charge in [0.05, 0.1) is 0 Å². The number of hydrogen-bond acceptors (Lipinski definition) is 2. The topological polar surface area (TPSA) is 15.3 Å². The molecule has 0 bridgehead atoms. The Kier molecular flexibility index (Phi) is 5.30. The fourth-order valence-corrected chi connectivity index (χ4v) is 3.60. The van der Waals surface area contributed by atoms with Crippen LogP contribution in [0.3, 0.4) is 0 Å². The van der Waals surface area contributed by atoms with E-state index in [0.717, 1.165) is 18.0 Å². The minimum Gasteiger partial charge on any atom is -0.311 e. The molecule has 1 saturated heterocycles. The van der Waals surface area contributed by atoms with Crippen LogP contribution in [0.25, 0.3) is 0 Å². The minimum absolute atomic E-state index is 0.746. The van der Waals surface area contributed by atoms with Gasteiger partial charge >= 0.3 is 0 Å². The van der Waals surface area contributed by atoms with Gasteiger partial charge in [-0.1, -0.05) is 19.8 Å². The maximum Gasteiger partial charge on any atom is 0.00823 e. The molecule has 2 unspecified atom stereocenters. The largest absolute Gasteiger partial charge is 0.311 e. The fourth-order valence-electron chi connectivity index (χ4n) is 3.60. The Labute approximate surface area is 107 Å². The summed E-state index contributed by atoms with van der Waals surface area (Å²) in [6, 6.07) is 1.53. The molecule has 1 N–H and O–H groups in total. The molecule has 2 fully saturated rings. The van der Waals surface area contributed by atoms with Crippen molar-refractivity contribution in [1.82, 2.24) is 10.2 Å². The van der Waals surface area contributed by atoms with Gasteiger partial charge in [0.1, 0.15) is 0 Å². The zero-order valence-corrected chi connectivity index (χ0v) is 11.8. The van der Waals surface area contributed by atoms with Crippen LogP contribution >= 0.6 is 0 Å². The molecule has 1 heterocycles. The molecule has 0 aromatic heterocycles. The highest BCUT2D eigenvalue weighted by Crippen LogP contribution is 2.28. The summed E-state index contributed by atoms with van der Waals surface area (Å²) in [4.78, 5) is 2.60. The SMILES string of the molecule is CCN1CCCC(NC(C)C2CCCC2)CC1. The summed E-state index contributed by atoms with van der Waals surface area (Å²) in [5.74, 6) is 0.959. The fraction of sp³-hybridized carbons (Fsp3) is 1.00. The van der Waals surface area contributed by atoms with Gasteiger partial charge in [-0.25, -0.2) is 0 Å². The van der Waals surface area contributed by atoms with Crippen molar-refractivity contribution in [2.24, 2.45) is 5.92 Å². The maximum absolute atomic E-state index is 3.92. The summed E-state index contributed by atoms with van der Waals surface area (Å²) in [7, 11) is 0. The normalized spacial score (nSPS) is 30.4. The van der Waals surface area contributed by atoms with Gasteiger partial charge in [-0.2, -0.15) is 0 Å². The summed E-state index contributed by atoms with van der Waals surface area (Å²) in [5.41, 5.74) is 0. The van der Waals surface area contributed by atoms with E-state index < -0.39 is 0 Å². The number of rotatable bonds is 4. The average Bonchev–Trinajstić information content (AvgIpc) is 2.78. The highest BCUT2D eigenvalue weighted by molar-refractivity contribution is 4.82. The van der Waals surface area contributed by atoms with Crippen molar-refractivity contribution < 1.29 is 0 Å². The number of nitrogens with zero attached hydrogens (tertiary/aromatic N) is 1. The van der Waals surface area contributed by atoms with E-state index in [-0.39, 0.29) is 0 Å². The number of likely N-dealkylation sites (tertiary alicyclic amines) is 1. The van der Waals surface area contributed by atoms with E-state index >= 15 is 0 Å². The Balaban J connectivity index is 1.74. The molecule has 1 aliphatic heterocycles. The first kappa shape index (κ1) is 13.4. The Hall–Kier alpha value is -0.0800. The number of hydrogen-bond donors (Lipinski definition) is 1. The van der Waals surface area contributed by atoms with Gasteiger partial charge in [-0.3, -0.25) is 0 Å². The van der Waals surface area contributed by atoms with Gasteiger partial charge in [0.2, 0.25) is 0 Å². The van der Waals surface area contributed by atoms with Crippen LogP contribution in [0.15, 0.2) is 0 Å². The van der Waals surface area contributed by atoms with E-state index in [9.17, 15) is 0 Å². The molecule has 2 aliphatic rings. The summed E-state index contributed by atoms with van der Waals surface area (Å²) < 4.78 is 0. The Morgan fingerprint density at radius 3 is 2.53 bits per heavy atom. The highest BCUT2D eigenvalue weighted by atomic mass is 15.1. The summed E-state index contributed by atoms with van der Waals surface area (Å²) in [6.45, 7) is 8.54. The van der Waals surface area contributed by atoms with Gasteiger partial charge in [0, 0.05) is 12.1 Å². The molecule has 2 heteroatoms. The van der Waals surface area contributed by atoms with Crippen molar-refractivity contribution in [3.63, 3.8) is 0 Å². The van der Waals surface area contributed by atoms with Crippen molar-refractivity contribution in [2.75, 3.05) is 19.6 Å². The van der Waals surface area contributed by atoms with E-state index in [0.29, 0.717) is 0 Å². The lowest BCUT2D eigenvalue weighted by atomic mass is 9.97. The summed E-state index contributed by atoms with van der Waals surface area (Å²) >= 11 is 0. The second-order valence-corrected chi connectivity index (χ2v) is 6.06. The standard InChI is InChI=1S/C15H30N2/c1-3-17-11-6-9-15(10-12-17)16-13(2)14-7-4-5-8-14/h13-16H,3-12H2,1-2H3. The second kappa shape index (κ2) is 6.75. The smallest absolute Gasteiger partial charge is 0.00823 e. The van der Waals surface area contributed by atoms with Crippen LogP contribution in [0.5, 0.6) is 0 Å². The van der Waals surface area contributed by atoms with Crippen molar-refractivity contribution in [3.05, 3.63) is 0 Å². The third-order valence-corrected chi connectivity index (χ3v) is 4.87. The first-order valence-corrected chi connectivity index (χ1v) is 7.78. The molecule has 2 rings (SSSR count). The molecule has 100 valence electrons. The molecule has 1 aliphatic carbocycles. The Morgan fingerprint density at radius 1 is 1.06 bits per heavy atom. The third kappa shape index (κ3) is 3.96. The van der Waals surface area contributed by atoms with Gasteiger partial charge in [-0.15, -0.1) is 0 Å². The summed E-state index contributed by atoms with van der Waals surface area (Å²) in [5, 5.41) is 3.92. The molecule has 0 aromatic carbocycles. The monoisotopic (exact) mass is 238 g/mol. The van der Waals surface area contributed by atoms with Crippen LogP contribution in [-0.2, 0) is 0 Å². The molecule has 17 heavy (non-hydrogen) atoms. The molecule has 1 saturated carbocycles. The van der Waals surface area contributed by atoms with Crippen molar-refractivity contribution in [1.29, 1.82) is 0 Å². The lowest BCUT2D eigenvalue weighted by Crippen LogP contribution is -2.40. The van der Waals surface area contributed by atoms with Gasteiger partial charge in [-0.05, 0) is 64.6 Å². The zero-order valence-electron chi connectivity index (χ0n) is 11.8. The third-order valence-electron chi connectivity index (χ3n) is 4.87. The predicted octanol–water partition coefficient (Wildman–Crippen LogP) is 3.03. The predicted molar refractivity (Wildman–Crippen MR) is 74.3 cm³/mol. The highest BCUT2D eigenvalue weighted by Gasteiger charge is 2.24. The average molecular weight is 238 g/mol. The van der Waals surface area contributed by atoms with Crippen LogP contribution < -0.4 is 5.32 Å². The van der Waals surface area contributed by atoms with Crippen LogP contribution in [-0.4, -0.2) is 36.6 Å². The number of nitrogens with one attached hydrogen (secondary N) is 1.